The zero-order chi connectivity index (χ0) is 16.4. The second-order valence-corrected chi connectivity index (χ2v) is 5.84. The maximum Gasteiger partial charge on any atom is 0.273 e. The molecule has 23 heavy (non-hydrogen) atoms. The lowest BCUT2D eigenvalue weighted by molar-refractivity contribution is -0.385. The molecule has 0 saturated heterocycles. The number of carbonyl (C=O) groups excluding carboxylic acids is 1. The Hall–Kier alpha value is -2.69. The van der Waals surface area contributed by atoms with E-state index in [1.165, 1.54) is 17.2 Å². The first kappa shape index (κ1) is 15.2. The molecular weight excluding hydrogens is 292 g/mol. The summed E-state index contributed by atoms with van der Waals surface area (Å²) in [5, 5.41) is 11.1. The lowest BCUT2D eigenvalue weighted by atomic mass is 9.98. The van der Waals surface area contributed by atoms with Crippen LogP contribution in [0.1, 0.15) is 23.1 Å². The Balaban J connectivity index is 1.87. The molecule has 118 valence electrons. The van der Waals surface area contributed by atoms with E-state index in [4.69, 9.17) is 0 Å². The van der Waals surface area contributed by atoms with Gasteiger partial charge in [0, 0.05) is 23.9 Å². The molecular formula is C18H18N2O3. The maximum absolute atomic E-state index is 12.7. The molecule has 5 nitrogen and oxygen atoms in total. The summed E-state index contributed by atoms with van der Waals surface area (Å²) in [6.45, 7) is 2.70. The standard InChI is InChI=1S/C18H18N2O3/c1-13-8-9-16-14(11-13)6-4-10-19(16)18(21)12-15-5-2-3-7-17(15)20(22)23/h2-3,5,7-9,11H,4,6,10,12H2,1H3. The number of nitrogens with zero attached hydrogens (tertiary/aromatic N) is 2. The molecule has 2 aromatic carbocycles. The van der Waals surface area contributed by atoms with Gasteiger partial charge in [0.2, 0.25) is 5.91 Å². The molecule has 0 aliphatic carbocycles. The van der Waals surface area contributed by atoms with Crippen LogP contribution in [0.25, 0.3) is 0 Å². The van der Waals surface area contributed by atoms with Gasteiger partial charge in [0.15, 0.2) is 0 Å². The highest BCUT2D eigenvalue weighted by molar-refractivity contribution is 5.96. The van der Waals surface area contributed by atoms with E-state index in [0.29, 0.717) is 12.1 Å². The van der Waals surface area contributed by atoms with E-state index in [0.717, 1.165) is 18.5 Å². The van der Waals surface area contributed by atoms with Crippen molar-refractivity contribution >= 4 is 17.3 Å². The first-order valence-corrected chi connectivity index (χ1v) is 7.68. The number of nitro benzene ring substituents is 1. The Morgan fingerprint density at radius 1 is 1.26 bits per heavy atom. The van der Waals surface area contributed by atoms with Gasteiger partial charge in [-0.2, -0.15) is 0 Å². The largest absolute Gasteiger partial charge is 0.312 e. The third kappa shape index (κ3) is 3.08. The van der Waals surface area contributed by atoms with Gasteiger partial charge in [-0.1, -0.05) is 35.9 Å². The number of amides is 1. The lowest BCUT2D eigenvalue weighted by Crippen LogP contribution is -2.36. The topological polar surface area (TPSA) is 63.5 Å². The third-order valence-electron chi connectivity index (χ3n) is 4.18. The number of carbonyl (C=O) groups is 1. The van der Waals surface area contributed by atoms with Crippen molar-refractivity contribution in [3.63, 3.8) is 0 Å². The first-order valence-electron chi connectivity index (χ1n) is 7.68. The van der Waals surface area contributed by atoms with E-state index >= 15 is 0 Å². The van der Waals surface area contributed by atoms with Crippen LogP contribution in [0.5, 0.6) is 0 Å². The number of benzene rings is 2. The molecule has 1 aliphatic heterocycles. The summed E-state index contributed by atoms with van der Waals surface area (Å²) in [6, 6.07) is 12.5. The van der Waals surface area contributed by atoms with Crippen molar-refractivity contribution < 1.29 is 9.72 Å². The van der Waals surface area contributed by atoms with Gasteiger partial charge in [0.05, 0.1) is 11.3 Å². The van der Waals surface area contributed by atoms with Gasteiger partial charge in [-0.3, -0.25) is 14.9 Å². The van der Waals surface area contributed by atoms with Crippen molar-refractivity contribution in [3.05, 3.63) is 69.3 Å². The van der Waals surface area contributed by atoms with Gasteiger partial charge in [0.1, 0.15) is 0 Å². The van der Waals surface area contributed by atoms with Crippen molar-refractivity contribution in [1.82, 2.24) is 0 Å². The summed E-state index contributed by atoms with van der Waals surface area (Å²) in [7, 11) is 0. The van der Waals surface area contributed by atoms with Crippen LogP contribution in [-0.4, -0.2) is 17.4 Å². The number of hydrogen-bond acceptors (Lipinski definition) is 3. The summed E-state index contributed by atoms with van der Waals surface area (Å²) in [6.07, 6.45) is 1.93. The van der Waals surface area contributed by atoms with Crippen LogP contribution in [-0.2, 0) is 17.6 Å². The Bertz CT molecular complexity index is 771. The van der Waals surface area contributed by atoms with E-state index < -0.39 is 4.92 Å². The minimum absolute atomic E-state index is 0.00184. The Kier molecular flexibility index (Phi) is 4.10. The molecule has 0 bridgehead atoms. The fraction of sp³-hybridized carbons (Fsp3) is 0.278. The van der Waals surface area contributed by atoms with Crippen molar-refractivity contribution in [2.24, 2.45) is 0 Å². The molecule has 0 unspecified atom stereocenters. The van der Waals surface area contributed by atoms with Gasteiger partial charge >= 0.3 is 0 Å². The summed E-state index contributed by atoms with van der Waals surface area (Å²) in [5.74, 6) is -0.0934. The molecule has 1 amide bonds. The van der Waals surface area contributed by atoms with Crippen molar-refractivity contribution in [3.8, 4) is 0 Å². The molecule has 0 atom stereocenters. The molecule has 0 spiro atoms. The average molecular weight is 310 g/mol. The van der Waals surface area contributed by atoms with Crippen molar-refractivity contribution in [1.29, 1.82) is 0 Å². The van der Waals surface area contributed by atoms with E-state index in [9.17, 15) is 14.9 Å². The molecule has 5 heteroatoms. The predicted octanol–water partition coefficient (Wildman–Crippen LogP) is 3.43. The van der Waals surface area contributed by atoms with Gasteiger partial charge in [-0.05, 0) is 31.4 Å². The number of rotatable bonds is 3. The van der Waals surface area contributed by atoms with Crippen LogP contribution in [0.2, 0.25) is 0 Å². The number of para-hydroxylation sites is 1. The van der Waals surface area contributed by atoms with E-state index in [1.807, 2.05) is 19.1 Å². The fourth-order valence-corrected chi connectivity index (χ4v) is 3.08. The molecule has 1 aliphatic rings. The molecule has 0 aromatic heterocycles. The van der Waals surface area contributed by atoms with Crippen LogP contribution in [0.15, 0.2) is 42.5 Å². The fourth-order valence-electron chi connectivity index (χ4n) is 3.08. The number of fused-ring (bicyclic) bond motifs is 1. The highest BCUT2D eigenvalue weighted by atomic mass is 16.6. The molecule has 0 fully saturated rings. The number of anilines is 1. The summed E-state index contributed by atoms with van der Waals surface area (Å²) >= 11 is 0. The highest BCUT2D eigenvalue weighted by Gasteiger charge is 2.24. The lowest BCUT2D eigenvalue weighted by Gasteiger charge is -2.30. The second kappa shape index (κ2) is 6.20. The Labute approximate surface area is 134 Å². The summed E-state index contributed by atoms with van der Waals surface area (Å²) in [5.41, 5.74) is 3.75. The van der Waals surface area contributed by atoms with Gasteiger partial charge in [0.25, 0.3) is 5.69 Å². The molecule has 1 heterocycles. The van der Waals surface area contributed by atoms with E-state index in [2.05, 4.69) is 6.07 Å². The third-order valence-corrected chi connectivity index (χ3v) is 4.18. The smallest absolute Gasteiger partial charge is 0.273 e. The molecule has 0 N–H and O–H groups in total. The quantitative estimate of drug-likeness (QED) is 0.644. The van der Waals surface area contributed by atoms with Gasteiger partial charge in [-0.15, -0.1) is 0 Å². The van der Waals surface area contributed by atoms with E-state index in [-0.39, 0.29) is 18.0 Å². The van der Waals surface area contributed by atoms with Gasteiger partial charge < -0.3 is 4.90 Å². The zero-order valence-corrected chi connectivity index (χ0v) is 13.0. The maximum atomic E-state index is 12.7. The normalized spacial score (nSPS) is 13.5. The monoisotopic (exact) mass is 310 g/mol. The molecule has 3 rings (SSSR count). The molecule has 0 saturated carbocycles. The SMILES string of the molecule is Cc1ccc2c(c1)CCCN2C(=O)Cc1ccccc1[N+](=O)[O-]. The minimum atomic E-state index is -0.434. The Morgan fingerprint density at radius 3 is 2.83 bits per heavy atom. The summed E-state index contributed by atoms with van der Waals surface area (Å²) in [4.78, 5) is 25.1. The number of nitro groups is 1. The average Bonchev–Trinajstić information content (AvgIpc) is 2.54. The zero-order valence-electron chi connectivity index (χ0n) is 13.0. The summed E-state index contributed by atoms with van der Waals surface area (Å²) < 4.78 is 0. The second-order valence-electron chi connectivity index (χ2n) is 5.84. The van der Waals surface area contributed by atoms with Crippen LogP contribution < -0.4 is 4.90 Å². The van der Waals surface area contributed by atoms with E-state index in [1.54, 1.807) is 23.1 Å². The first-order chi connectivity index (χ1) is 11.1. The van der Waals surface area contributed by atoms with Crippen molar-refractivity contribution in [2.45, 2.75) is 26.2 Å². The number of hydrogen-bond donors (Lipinski definition) is 0. The highest BCUT2D eigenvalue weighted by Crippen LogP contribution is 2.29. The number of aryl methyl sites for hydroxylation is 2. The van der Waals surface area contributed by atoms with Crippen LogP contribution >= 0.6 is 0 Å². The van der Waals surface area contributed by atoms with Crippen LogP contribution in [0.3, 0.4) is 0 Å². The Morgan fingerprint density at radius 2 is 2.04 bits per heavy atom. The van der Waals surface area contributed by atoms with Gasteiger partial charge in [-0.25, -0.2) is 0 Å². The minimum Gasteiger partial charge on any atom is -0.312 e. The van der Waals surface area contributed by atoms with Crippen LogP contribution in [0.4, 0.5) is 11.4 Å². The molecule has 2 aromatic rings. The molecule has 0 radical (unpaired) electrons. The predicted molar refractivity (Wildman–Crippen MR) is 88.7 cm³/mol. The van der Waals surface area contributed by atoms with Crippen LogP contribution in [0, 0.1) is 17.0 Å². The van der Waals surface area contributed by atoms with Crippen molar-refractivity contribution in [2.75, 3.05) is 11.4 Å².